The van der Waals surface area contributed by atoms with Gasteiger partial charge in [0.25, 0.3) is 0 Å². The Balaban J connectivity index is 1.82. The maximum atomic E-state index is 12.1. The molecule has 0 N–H and O–H groups in total. The van der Waals surface area contributed by atoms with Gasteiger partial charge >= 0.3 is 12.1 Å². The van der Waals surface area contributed by atoms with E-state index >= 15 is 0 Å². The minimum Gasteiger partial charge on any atom is -0.468 e. The lowest BCUT2D eigenvalue weighted by atomic mass is 9.78. The summed E-state index contributed by atoms with van der Waals surface area (Å²) in [7, 11) is 1.42. The fraction of sp³-hybridized carbons (Fsp3) is 0.875. The number of hydrogen-bond donors (Lipinski definition) is 0. The SMILES string of the molecule is COC(=O)CN1CCC2(CCN(C(=O)OC(C)(C)C)CC2)C1. The number of amides is 1. The number of likely N-dealkylation sites (tertiary alicyclic amines) is 2. The van der Waals surface area contributed by atoms with Gasteiger partial charge < -0.3 is 14.4 Å². The van der Waals surface area contributed by atoms with Crippen LogP contribution in [0.2, 0.25) is 0 Å². The van der Waals surface area contributed by atoms with Gasteiger partial charge in [-0.1, -0.05) is 0 Å². The summed E-state index contributed by atoms with van der Waals surface area (Å²) in [5, 5.41) is 0. The third kappa shape index (κ3) is 4.35. The van der Waals surface area contributed by atoms with Crippen molar-refractivity contribution in [2.75, 3.05) is 39.8 Å². The number of methoxy groups -OCH3 is 1. The van der Waals surface area contributed by atoms with Crippen LogP contribution in [0.4, 0.5) is 4.79 Å². The molecule has 2 fully saturated rings. The van der Waals surface area contributed by atoms with Crippen LogP contribution in [0.25, 0.3) is 0 Å². The number of rotatable bonds is 2. The number of piperidine rings is 1. The van der Waals surface area contributed by atoms with Gasteiger partial charge in [0.1, 0.15) is 5.60 Å². The van der Waals surface area contributed by atoms with Gasteiger partial charge in [-0.25, -0.2) is 4.79 Å². The zero-order valence-electron chi connectivity index (χ0n) is 14.2. The second kappa shape index (κ2) is 6.44. The molecule has 2 aliphatic rings. The largest absolute Gasteiger partial charge is 0.468 e. The fourth-order valence-corrected chi connectivity index (χ4v) is 3.31. The molecule has 0 aliphatic carbocycles. The molecule has 0 aromatic rings. The molecule has 2 aliphatic heterocycles. The smallest absolute Gasteiger partial charge is 0.410 e. The van der Waals surface area contributed by atoms with E-state index < -0.39 is 5.60 Å². The molecule has 0 bridgehead atoms. The van der Waals surface area contributed by atoms with E-state index in [1.807, 2.05) is 20.8 Å². The van der Waals surface area contributed by atoms with Gasteiger partial charge in [0.05, 0.1) is 13.7 Å². The summed E-state index contributed by atoms with van der Waals surface area (Å²) in [6, 6.07) is 0. The first-order valence-electron chi connectivity index (χ1n) is 8.00. The molecule has 2 saturated heterocycles. The Bertz CT molecular complexity index is 422. The van der Waals surface area contributed by atoms with Gasteiger partial charge in [-0.3, -0.25) is 9.69 Å². The number of carbonyl (C=O) groups is 2. The average molecular weight is 312 g/mol. The first-order chi connectivity index (χ1) is 10.2. The van der Waals surface area contributed by atoms with E-state index in [0.29, 0.717) is 6.54 Å². The van der Waals surface area contributed by atoms with Crippen LogP contribution in [0, 0.1) is 5.41 Å². The van der Waals surface area contributed by atoms with Crippen molar-refractivity contribution in [3.05, 3.63) is 0 Å². The summed E-state index contributed by atoms with van der Waals surface area (Å²) in [5.74, 6) is -0.178. The van der Waals surface area contributed by atoms with Gasteiger partial charge in [-0.2, -0.15) is 0 Å². The molecule has 1 amide bonds. The van der Waals surface area contributed by atoms with Gasteiger partial charge in [-0.05, 0) is 52.0 Å². The van der Waals surface area contributed by atoms with E-state index in [4.69, 9.17) is 9.47 Å². The zero-order valence-corrected chi connectivity index (χ0v) is 14.2. The lowest BCUT2D eigenvalue weighted by Gasteiger charge is -2.39. The standard InChI is InChI=1S/C16H28N2O4/c1-15(2,3)22-14(20)18-9-6-16(7-10-18)5-8-17(12-16)11-13(19)21-4/h5-12H2,1-4H3. The first-order valence-corrected chi connectivity index (χ1v) is 8.00. The van der Waals surface area contributed by atoms with Crippen LogP contribution in [-0.4, -0.2) is 67.3 Å². The Labute approximate surface area is 132 Å². The summed E-state index contributed by atoms with van der Waals surface area (Å²) in [6.07, 6.45) is 2.83. The Morgan fingerprint density at radius 3 is 2.23 bits per heavy atom. The van der Waals surface area contributed by atoms with Crippen molar-refractivity contribution in [2.24, 2.45) is 5.41 Å². The van der Waals surface area contributed by atoms with E-state index in [0.717, 1.165) is 45.4 Å². The molecule has 0 aromatic heterocycles. The van der Waals surface area contributed by atoms with Crippen molar-refractivity contribution in [1.82, 2.24) is 9.80 Å². The quantitative estimate of drug-likeness (QED) is 0.729. The topological polar surface area (TPSA) is 59.1 Å². The van der Waals surface area contributed by atoms with Crippen LogP contribution in [0.5, 0.6) is 0 Å². The predicted molar refractivity (Wildman–Crippen MR) is 82.5 cm³/mol. The van der Waals surface area contributed by atoms with Crippen LogP contribution in [0.3, 0.4) is 0 Å². The monoisotopic (exact) mass is 312 g/mol. The van der Waals surface area contributed by atoms with Gasteiger partial charge in [-0.15, -0.1) is 0 Å². The molecule has 0 radical (unpaired) electrons. The lowest BCUT2D eigenvalue weighted by Crippen LogP contribution is -2.46. The predicted octanol–water partition coefficient (Wildman–Crippen LogP) is 1.88. The minimum atomic E-state index is -0.448. The Hall–Kier alpha value is -1.30. The highest BCUT2D eigenvalue weighted by Crippen LogP contribution is 2.40. The molecule has 6 nitrogen and oxygen atoms in total. The maximum Gasteiger partial charge on any atom is 0.410 e. The van der Waals surface area contributed by atoms with Crippen LogP contribution in [0.15, 0.2) is 0 Å². The van der Waals surface area contributed by atoms with Crippen molar-refractivity contribution in [3.63, 3.8) is 0 Å². The van der Waals surface area contributed by atoms with Gasteiger partial charge in [0, 0.05) is 19.6 Å². The highest BCUT2D eigenvalue weighted by atomic mass is 16.6. The first kappa shape index (κ1) is 17.1. The number of nitrogens with zero attached hydrogens (tertiary/aromatic N) is 2. The highest BCUT2D eigenvalue weighted by Gasteiger charge is 2.42. The molecule has 0 unspecified atom stereocenters. The molecule has 0 saturated carbocycles. The van der Waals surface area contributed by atoms with Crippen molar-refractivity contribution >= 4 is 12.1 Å². The second-order valence-corrected chi connectivity index (χ2v) is 7.50. The van der Waals surface area contributed by atoms with Crippen LogP contribution < -0.4 is 0 Å². The molecule has 126 valence electrons. The summed E-state index contributed by atoms with van der Waals surface area (Å²) in [5.41, 5.74) is -0.205. The van der Waals surface area contributed by atoms with E-state index in [1.54, 1.807) is 4.90 Å². The van der Waals surface area contributed by atoms with Gasteiger partial charge in [0.2, 0.25) is 0 Å². The van der Waals surface area contributed by atoms with E-state index in [9.17, 15) is 9.59 Å². The third-order valence-corrected chi connectivity index (χ3v) is 4.57. The Kier molecular flexibility index (Phi) is 5.00. The van der Waals surface area contributed by atoms with E-state index in [2.05, 4.69) is 4.90 Å². The molecule has 22 heavy (non-hydrogen) atoms. The molecule has 0 aromatic carbocycles. The molecule has 0 atom stereocenters. The Morgan fingerprint density at radius 2 is 1.68 bits per heavy atom. The molecular formula is C16H28N2O4. The molecule has 1 spiro atoms. The summed E-state index contributed by atoms with van der Waals surface area (Å²) in [6.45, 7) is 9.36. The number of esters is 1. The minimum absolute atomic E-state index is 0.178. The summed E-state index contributed by atoms with van der Waals surface area (Å²) in [4.78, 5) is 27.4. The second-order valence-electron chi connectivity index (χ2n) is 7.50. The average Bonchev–Trinajstić information content (AvgIpc) is 2.80. The van der Waals surface area contributed by atoms with Crippen molar-refractivity contribution in [3.8, 4) is 0 Å². The fourth-order valence-electron chi connectivity index (χ4n) is 3.31. The van der Waals surface area contributed by atoms with Crippen molar-refractivity contribution < 1.29 is 19.1 Å². The lowest BCUT2D eigenvalue weighted by molar-refractivity contribution is -0.141. The van der Waals surface area contributed by atoms with Gasteiger partial charge in [0.15, 0.2) is 0 Å². The van der Waals surface area contributed by atoms with E-state index in [1.165, 1.54) is 7.11 Å². The van der Waals surface area contributed by atoms with Crippen LogP contribution >= 0.6 is 0 Å². The third-order valence-electron chi connectivity index (χ3n) is 4.57. The molecule has 2 heterocycles. The Morgan fingerprint density at radius 1 is 1.09 bits per heavy atom. The zero-order chi connectivity index (χ0) is 16.4. The maximum absolute atomic E-state index is 12.1. The number of ether oxygens (including phenoxy) is 2. The molecular weight excluding hydrogens is 284 g/mol. The highest BCUT2D eigenvalue weighted by molar-refractivity contribution is 5.71. The normalized spacial score (nSPS) is 21.9. The molecule has 6 heteroatoms. The van der Waals surface area contributed by atoms with Crippen LogP contribution in [0.1, 0.15) is 40.0 Å². The van der Waals surface area contributed by atoms with Crippen LogP contribution in [-0.2, 0) is 14.3 Å². The van der Waals surface area contributed by atoms with E-state index in [-0.39, 0.29) is 17.5 Å². The molecule has 2 rings (SSSR count). The number of hydrogen-bond acceptors (Lipinski definition) is 5. The number of carbonyl (C=O) groups excluding carboxylic acids is 2. The summed E-state index contributed by atoms with van der Waals surface area (Å²) >= 11 is 0. The van der Waals surface area contributed by atoms with Crippen molar-refractivity contribution in [1.29, 1.82) is 0 Å². The van der Waals surface area contributed by atoms with Crippen molar-refractivity contribution in [2.45, 2.75) is 45.6 Å². The summed E-state index contributed by atoms with van der Waals surface area (Å²) < 4.78 is 10.2.